The molecule has 3 rings (SSSR count). The molecule has 0 unspecified atom stereocenters. The second-order valence-corrected chi connectivity index (χ2v) is 4.45. The summed E-state index contributed by atoms with van der Waals surface area (Å²) in [4.78, 5) is 4.33. The Hall–Kier alpha value is -2.61. The third kappa shape index (κ3) is 2.47. The lowest BCUT2D eigenvalue weighted by molar-refractivity contribution is 1.33. The average Bonchev–Trinajstić information content (AvgIpc) is 2.49. The van der Waals surface area contributed by atoms with Crippen LogP contribution in [-0.2, 0) is 0 Å². The molecular weight excluding hydrogens is 232 g/mol. The third-order valence-corrected chi connectivity index (χ3v) is 3.09. The standard InChI is InChI=1S/C17H14N2/c18-17-8-6-14(7-9-17)16-10-15(11-19-12-16)13-4-2-1-3-5-13/h1-12H,18H2. The maximum absolute atomic E-state index is 5.71. The van der Waals surface area contributed by atoms with Crippen molar-refractivity contribution < 1.29 is 0 Å². The molecule has 1 heterocycles. The number of benzene rings is 2. The Kier molecular flexibility index (Phi) is 2.99. The molecule has 2 heteroatoms. The summed E-state index contributed by atoms with van der Waals surface area (Å²) in [6.07, 6.45) is 3.76. The van der Waals surface area contributed by atoms with E-state index in [1.54, 1.807) is 0 Å². The quantitative estimate of drug-likeness (QED) is 0.694. The van der Waals surface area contributed by atoms with E-state index in [1.807, 2.05) is 54.9 Å². The summed E-state index contributed by atoms with van der Waals surface area (Å²) >= 11 is 0. The van der Waals surface area contributed by atoms with Gasteiger partial charge in [-0.05, 0) is 29.3 Å². The Morgan fingerprint density at radius 3 is 1.84 bits per heavy atom. The first-order chi connectivity index (χ1) is 9.33. The molecule has 2 N–H and O–H groups in total. The van der Waals surface area contributed by atoms with Crippen molar-refractivity contribution in [2.75, 3.05) is 5.73 Å². The van der Waals surface area contributed by atoms with Crippen LogP contribution < -0.4 is 5.73 Å². The highest BCUT2D eigenvalue weighted by Crippen LogP contribution is 2.25. The van der Waals surface area contributed by atoms with Crippen LogP contribution in [0.5, 0.6) is 0 Å². The van der Waals surface area contributed by atoms with Crippen LogP contribution >= 0.6 is 0 Å². The van der Waals surface area contributed by atoms with E-state index in [0.717, 1.165) is 22.4 Å². The van der Waals surface area contributed by atoms with Gasteiger partial charge in [-0.3, -0.25) is 4.98 Å². The van der Waals surface area contributed by atoms with Crippen LogP contribution in [0.15, 0.2) is 73.1 Å². The van der Waals surface area contributed by atoms with Crippen molar-refractivity contribution in [2.24, 2.45) is 0 Å². The van der Waals surface area contributed by atoms with Gasteiger partial charge >= 0.3 is 0 Å². The second kappa shape index (κ2) is 4.94. The molecular formula is C17H14N2. The molecule has 2 aromatic carbocycles. The Morgan fingerprint density at radius 2 is 1.21 bits per heavy atom. The SMILES string of the molecule is Nc1ccc(-c2cncc(-c3ccccc3)c2)cc1. The topological polar surface area (TPSA) is 38.9 Å². The molecule has 0 atom stereocenters. The zero-order valence-corrected chi connectivity index (χ0v) is 10.5. The van der Waals surface area contributed by atoms with Crippen molar-refractivity contribution >= 4 is 5.69 Å². The molecule has 0 saturated heterocycles. The van der Waals surface area contributed by atoms with E-state index < -0.39 is 0 Å². The van der Waals surface area contributed by atoms with Gasteiger partial charge in [-0.15, -0.1) is 0 Å². The number of anilines is 1. The molecule has 1 aromatic heterocycles. The van der Waals surface area contributed by atoms with E-state index in [9.17, 15) is 0 Å². The van der Waals surface area contributed by atoms with Crippen LogP contribution in [0.2, 0.25) is 0 Å². The molecule has 2 nitrogen and oxygen atoms in total. The van der Waals surface area contributed by atoms with E-state index in [2.05, 4.69) is 23.2 Å². The summed E-state index contributed by atoms with van der Waals surface area (Å²) in [6.45, 7) is 0. The van der Waals surface area contributed by atoms with Crippen LogP contribution in [0.3, 0.4) is 0 Å². The minimum atomic E-state index is 0.774. The van der Waals surface area contributed by atoms with Crippen LogP contribution in [-0.4, -0.2) is 4.98 Å². The first-order valence-corrected chi connectivity index (χ1v) is 6.19. The van der Waals surface area contributed by atoms with Crippen molar-refractivity contribution in [2.45, 2.75) is 0 Å². The minimum Gasteiger partial charge on any atom is -0.399 e. The molecule has 0 spiro atoms. The highest BCUT2D eigenvalue weighted by atomic mass is 14.6. The summed E-state index contributed by atoms with van der Waals surface area (Å²) in [5, 5.41) is 0. The number of aromatic nitrogens is 1. The van der Waals surface area contributed by atoms with Gasteiger partial charge in [-0.25, -0.2) is 0 Å². The molecule has 0 radical (unpaired) electrons. The van der Waals surface area contributed by atoms with Gasteiger partial charge in [0.1, 0.15) is 0 Å². The van der Waals surface area contributed by atoms with Gasteiger partial charge in [0.2, 0.25) is 0 Å². The Balaban J connectivity index is 2.03. The lowest BCUT2D eigenvalue weighted by atomic mass is 10.0. The Labute approximate surface area is 112 Å². The second-order valence-electron chi connectivity index (χ2n) is 4.45. The molecule has 0 amide bonds. The molecule has 0 saturated carbocycles. The molecule has 92 valence electrons. The molecule has 0 fully saturated rings. The first kappa shape index (κ1) is 11.5. The Morgan fingerprint density at radius 1 is 0.632 bits per heavy atom. The first-order valence-electron chi connectivity index (χ1n) is 6.19. The predicted octanol–water partition coefficient (Wildman–Crippen LogP) is 4.00. The monoisotopic (exact) mass is 246 g/mol. The number of hydrogen-bond acceptors (Lipinski definition) is 2. The van der Waals surface area contributed by atoms with Gasteiger partial charge in [-0.1, -0.05) is 42.5 Å². The van der Waals surface area contributed by atoms with Crippen molar-refractivity contribution in [1.82, 2.24) is 4.98 Å². The average molecular weight is 246 g/mol. The molecule has 0 aliphatic heterocycles. The lowest BCUT2D eigenvalue weighted by Crippen LogP contribution is -1.86. The van der Waals surface area contributed by atoms with Crippen molar-refractivity contribution in [3.05, 3.63) is 73.1 Å². The number of nitrogens with zero attached hydrogens (tertiary/aromatic N) is 1. The molecule has 3 aromatic rings. The smallest absolute Gasteiger partial charge is 0.0346 e. The van der Waals surface area contributed by atoms with E-state index in [4.69, 9.17) is 5.73 Å². The largest absolute Gasteiger partial charge is 0.399 e. The third-order valence-electron chi connectivity index (χ3n) is 3.09. The van der Waals surface area contributed by atoms with Gasteiger partial charge < -0.3 is 5.73 Å². The fourth-order valence-corrected chi connectivity index (χ4v) is 2.06. The number of pyridine rings is 1. The summed E-state index contributed by atoms with van der Waals surface area (Å²) in [5.41, 5.74) is 11.0. The normalized spacial score (nSPS) is 10.3. The highest BCUT2D eigenvalue weighted by Gasteiger charge is 2.02. The van der Waals surface area contributed by atoms with Crippen molar-refractivity contribution in [3.8, 4) is 22.3 Å². The summed E-state index contributed by atoms with van der Waals surface area (Å²) in [5.74, 6) is 0. The van der Waals surface area contributed by atoms with E-state index >= 15 is 0 Å². The van der Waals surface area contributed by atoms with Crippen LogP contribution in [0, 0.1) is 0 Å². The molecule has 0 bridgehead atoms. The summed E-state index contributed by atoms with van der Waals surface area (Å²) in [6, 6.07) is 20.2. The minimum absolute atomic E-state index is 0.774. The highest BCUT2D eigenvalue weighted by molar-refractivity contribution is 5.72. The van der Waals surface area contributed by atoms with E-state index in [1.165, 1.54) is 5.56 Å². The van der Waals surface area contributed by atoms with Gasteiger partial charge in [0.05, 0.1) is 0 Å². The zero-order valence-electron chi connectivity index (χ0n) is 10.5. The van der Waals surface area contributed by atoms with Gasteiger partial charge in [0, 0.05) is 29.2 Å². The van der Waals surface area contributed by atoms with Crippen LogP contribution in [0.4, 0.5) is 5.69 Å². The van der Waals surface area contributed by atoms with Crippen molar-refractivity contribution in [1.29, 1.82) is 0 Å². The maximum atomic E-state index is 5.71. The lowest BCUT2D eigenvalue weighted by Gasteiger charge is -2.05. The summed E-state index contributed by atoms with van der Waals surface area (Å²) < 4.78 is 0. The number of rotatable bonds is 2. The molecule has 19 heavy (non-hydrogen) atoms. The number of nitrogen functional groups attached to an aromatic ring is 1. The maximum Gasteiger partial charge on any atom is 0.0346 e. The van der Waals surface area contributed by atoms with E-state index in [0.29, 0.717) is 0 Å². The van der Waals surface area contributed by atoms with Crippen LogP contribution in [0.25, 0.3) is 22.3 Å². The van der Waals surface area contributed by atoms with Gasteiger partial charge in [0.15, 0.2) is 0 Å². The molecule has 0 aliphatic carbocycles. The molecule has 0 aliphatic rings. The fraction of sp³-hybridized carbons (Fsp3) is 0. The van der Waals surface area contributed by atoms with E-state index in [-0.39, 0.29) is 0 Å². The zero-order chi connectivity index (χ0) is 13.1. The van der Waals surface area contributed by atoms with Crippen LogP contribution in [0.1, 0.15) is 0 Å². The summed E-state index contributed by atoms with van der Waals surface area (Å²) in [7, 11) is 0. The fourth-order valence-electron chi connectivity index (χ4n) is 2.06. The number of hydrogen-bond donors (Lipinski definition) is 1. The van der Waals surface area contributed by atoms with Crippen molar-refractivity contribution in [3.63, 3.8) is 0 Å². The predicted molar refractivity (Wildman–Crippen MR) is 79.5 cm³/mol. The Bertz CT molecular complexity index is 673. The number of nitrogens with two attached hydrogens (primary N) is 1. The van der Waals surface area contributed by atoms with Gasteiger partial charge in [0.25, 0.3) is 0 Å². The van der Waals surface area contributed by atoms with Gasteiger partial charge in [-0.2, -0.15) is 0 Å².